The van der Waals surface area contributed by atoms with Gasteiger partial charge in [-0.2, -0.15) is 0 Å². The molecule has 0 aliphatic heterocycles. The molecule has 1 aliphatic carbocycles. The summed E-state index contributed by atoms with van der Waals surface area (Å²) >= 11 is 0. The molecule has 0 spiro atoms. The lowest BCUT2D eigenvalue weighted by atomic mass is 9.88. The highest BCUT2D eigenvalue weighted by atomic mass is 16.4. The Balaban J connectivity index is 1.73. The van der Waals surface area contributed by atoms with Crippen LogP contribution in [-0.2, 0) is 13.0 Å². The van der Waals surface area contributed by atoms with Crippen LogP contribution in [-0.4, -0.2) is 37.2 Å². The molecule has 1 saturated carbocycles. The van der Waals surface area contributed by atoms with Gasteiger partial charge in [0.15, 0.2) is 5.69 Å². The molecule has 37 heavy (non-hydrogen) atoms. The van der Waals surface area contributed by atoms with Crippen molar-refractivity contribution >= 4 is 17.8 Å². The smallest absolute Gasteiger partial charge is 0.354 e. The zero-order chi connectivity index (χ0) is 26.5. The van der Waals surface area contributed by atoms with E-state index in [9.17, 15) is 29.4 Å². The number of carbonyl (C=O) groups excluding carboxylic acids is 1. The Hall–Kier alpha value is -3.94. The number of hydrogen-bond donors (Lipinski definition) is 2. The number of imidazole rings is 1. The normalized spacial score (nSPS) is 14.0. The van der Waals surface area contributed by atoms with Gasteiger partial charge in [0.1, 0.15) is 0 Å². The van der Waals surface area contributed by atoms with E-state index in [1.807, 2.05) is 6.92 Å². The van der Waals surface area contributed by atoms with E-state index in [-0.39, 0.29) is 23.7 Å². The lowest BCUT2D eigenvalue weighted by Crippen LogP contribution is -2.35. The minimum absolute atomic E-state index is 0.115. The minimum Gasteiger partial charge on any atom is -0.478 e. The zero-order valence-electron chi connectivity index (χ0n) is 21.0. The van der Waals surface area contributed by atoms with E-state index in [4.69, 9.17) is 0 Å². The first-order chi connectivity index (χ1) is 17.8. The van der Waals surface area contributed by atoms with Gasteiger partial charge in [-0.15, -0.1) is 0 Å². The molecule has 0 saturated heterocycles. The van der Waals surface area contributed by atoms with Crippen molar-refractivity contribution in [2.45, 2.75) is 64.8 Å². The van der Waals surface area contributed by atoms with Gasteiger partial charge >= 0.3 is 17.6 Å². The summed E-state index contributed by atoms with van der Waals surface area (Å²) in [5, 5.41) is 19.6. The van der Waals surface area contributed by atoms with E-state index in [0.29, 0.717) is 36.9 Å². The molecule has 1 heterocycles. The first-order valence-electron chi connectivity index (χ1n) is 12.9. The lowest BCUT2D eigenvalue weighted by molar-refractivity contribution is 0.0656. The minimum atomic E-state index is -1.27. The van der Waals surface area contributed by atoms with Crippen LogP contribution in [0.15, 0.2) is 53.3 Å². The standard InChI is InChI=1S/C29H32N2O6/c1-2-3-13-24-25(28(35)36)31(26(32)21-9-5-4-6-10-21)29(37)30(24)18-19-14-16-20(17-15-19)22-11-7-8-12-23(22)27(33)34/h7-8,11-12,14-17,21H,2-6,9-10,13,18H2,1H3,(H,33,34)(H,35,36). The molecule has 2 aromatic carbocycles. The Kier molecular flexibility index (Phi) is 8.06. The molecular formula is C29H32N2O6. The Morgan fingerprint density at radius 2 is 1.59 bits per heavy atom. The first-order valence-corrected chi connectivity index (χ1v) is 12.9. The Bertz CT molecular complexity index is 1360. The predicted molar refractivity (Wildman–Crippen MR) is 139 cm³/mol. The second kappa shape index (κ2) is 11.4. The summed E-state index contributed by atoms with van der Waals surface area (Å²) in [6.45, 7) is 2.10. The monoisotopic (exact) mass is 504 g/mol. The van der Waals surface area contributed by atoms with Crippen LogP contribution >= 0.6 is 0 Å². The third-order valence-corrected chi connectivity index (χ3v) is 7.15. The molecule has 0 unspecified atom stereocenters. The molecule has 1 aromatic heterocycles. The molecule has 0 bridgehead atoms. The van der Waals surface area contributed by atoms with Crippen LogP contribution in [0.5, 0.6) is 0 Å². The third kappa shape index (κ3) is 5.43. The molecule has 2 N–H and O–H groups in total. The Morgan fingerprint density at radius 3 is 2.22 bits per heavy atom. The number of carbonyl (C=O) groups is 3. The van der Waals surface area contributed by atoms with Crippen molar-refractivity contribution in [1.82, 2.24) is 9.13 Å². The average molecular weight is 505 g/mol. The molecule has 194 valence electrons. The largest absolute Gasteiger partial charge is 0.478 e. The highest BCUT2D eigenvalue weighted by Gasteiger charge is 2.32. The maximum absolute atomic E-state index is 13.6. The molecule has 3 aromatic rings. The number of aromatic carboxylic acids is 2. The van der Waals surface area contributed by atoms with Gasteiger partial charge in [0.25, 0.3) is 0 Å². The van der Waals surface area contributed by atoms with E-state index in [1.54, 1.807) is 48.5 Å². The van der Waals surface area contributed by atoms with Crippen LogP contribution in [0.2, 0.25) is 0 Å². The summed E-state index contributed by atoms with van der Waals surface area (Å²) in [4.78, 5) is 50.8. The van der Waals surface area contributed by atoms with Gasteiger partial charge in [-0.05, 0) is 48.4 Å². The van der Waals surface area contributed by atoms with Gasteiger partial charge < -0.3 is 10.2 Å². The van der Waals surface area contributed by atoms with Crippen molar-refractivity contribution in [2.75, 3.05) is 0 Å². The van der Waals surface area contributed by atoms with Crippen molar-refractivity contribution in [1.29, 1.82) is 0 Å². The highest BCUT2D eigenvalue weighted by Crippen LogP contribution is 2.27. The van der Waals surface area contributed by atoms with E-state index < -0.39 is 23.5 Å². The fourth-order valence-electron chi connectivity index (χ4n) is 5.20. The van der Waals surface area contributed by atoms with E-state index in [1.165, 1.54) is 4.57 Å². The second-order valence-corrected chi connectivity index (χ2v) is 9.63. The molecule has 0 amide bonds. The second-order valence-electron chi connectivity index (χ2n) is 9.63. The first kappa shape index (κ1) is 26.1. The molecule has 1 fully saturated rings. The number of rotatable bonds is 9. The summed E-state index contributed by atoms with van der Waals surface area (Å²) < 4.78 is 2.32. The zero-order valence-corrected chi connectivity index (χ0v) is 21.0. The number of hydrogen-bond acceptors (Lipinski definition) is 4. The van der Waals surface area contributed by atoms with E-state index >= 15 is 0 Å². The maximum atomic E-state index is 13.6. The van der Waals surface area contributed by atoms with Crippen LogP contribution in [0.3, 0.4) is 0 Å². The molecule has 0 atom stereocenters. The number of unbranched alkanes of at least 4 members (excludes halogenated alkanes) is 1. The SMILES string of the molecule is CCCCc1c(C(=O)O)n(C(=O)C2CCCCC2)c(=O)n1Cc1ccc(-c2ccccc2C(=O)O)cc1. The van der Waals surface area contributed by atoms with Crippen molar-refractivity contribution in [2.24, 2.45) is 5.92 Å². The highest BCUT2D eigenvalue weighted by molar-refractivity contribution is 5.96. The van der Waals surface area contributed by atoms with Crippen LogP contribution in [0.25, 0.3) is 11.1 Å². The van der Waals surface area contributed by atoms with Gasteiger partial charge in [-0.25, -0.2) is 19.0 Å². The van der Waals surface area contributed by atoms with Crippen LogP contribution in [0, 0.1) is 5.92 Å². The average Bonchev–Trinajstić information content (AvgIpc) is 3.19. The number of nitrogens with zero attached hydrogens (tertiary/aromatic N) is 2. The van der Waals surface area contributed by atoms with Crippen LogP contribution in [0.4, 0.5) is 0 Å². The van der Waals surface area contributed by atoms with Crippen molar-refractivity contribution in [3.05, 3.63) is 81.5 Å². The van der Waals surface area contributed by atoms with Gasteiger partial charge in [-0.3, -0.25) is 9.36 Å². The molecule has 0 radical (unpaired) electrons. The summed E-state index contributed by atoms with van der Waals surface area (Å²) in [5.41, 5.74) is 1.77. The molecule has 8 nitrogen and oxygen atoms in total. The quantitative estimate of drug-likeness (QED) is 0.407. The Morgan fingerprint density at radius 1 is 0.919 bits per heavy atom. The summed E-state index contributed by atoms with van der Waals surface area (Å²) in [5.74, 6) is -3.05. The van der Waals surface area contributed by atoms with Gasteiger partial charge in [-0.1, -0.05) is 75.1 Å². The summed E-state index contributed by atoms with van der Waals surface area (Å²) in [6.07, 6.45) is 6.04. The predicted octanol–water partition coefficient (Wildman–Crippen LogP) is 5.32. The summed E-state index contributed by atoms with van der Waals surface area (Å²) in [6, 6.07) is 13.9. The van der Waals surface area contributed by atoms with Crippen molar-refractivity contribution in [3.63, 3.8) is 0 Å². The molecule has 8 heteroatoms. The number of carboxylic acids is 2. The fourth-order valence-corrected chi connectivity index (χ4v) is 5.20. The van der Waals surface area contributed by atoms with E-state index in [2.05, 4.69) is 0 Å². The van der Waals surface area contributed by atoms with Gasteiger partial charge in [0.2, 0.25) is 5.91 Å². The Labute approximate surface area is 215 Å². The topological polar surface area (TPSA) is 119 Å². The fraction of sp³-hybridized carbons (Fsp3) is 0.379. The van der Waals surface area contributed by atoms with Gasteiger partial charge in [0.05, 0.1) is 17.8 Å². The summed E-state index contributed by atoms with van der Waals surface area (Å²) in [7, 11) is 0. The molecule has 4 rings (SSSR count). The molecular weight excluding hydrogens is 472 g/mol. The van der Waals surface area contributed by atoms with Gasteiger partial charge in [0, 0.05) is 5.92 Å². The van der Waals surface area contributed by atoms with Crippen molar-refractivity contribution < 1.29 is 24.6 Å². The van der Waals surface area contributed by atoms with Crippen LogP contribution in [0.1, 0.15) is 88.8 Å². The lowest BCUT2D eigenvalue weighted by Gasteiger charge is -2.20. The van der Waals surface area contributed by atoms with E-state index in [0.717, 1.165) is 41.4 Å². The maximum Gasteiger partial charge on any atom is 0.354 e. The molecule has 1 aliphatic rings. The van der Waals surface area contributed by atoms with Crippen LogP contribution < -0.4 is 5.69 Å². The number of aromatic nitrogens is 2. The third-order valence-electron chi connectivity index (χ3n) is 7.15. The van der Waals surface area contributed by atoms with Crippen molar-refractivity contribution in [3.8, 4) is 11.1 Å². The number of benzene rings is 2. The number of carboxylic acid groups (broad SMARTS) is 2.